The first-order valence-corrected chi connectivity index (χ1v) is 15.6. The Hall–Kier alpha value is -4.44. The van der Waals surface area contributed by atoms with Crippen LogP contribution in [-0.2, 0) is 0 Å². The summed E-state index contributed by atoms with van der Waals surface area (Å²) in [6.45, 7) is 4.36. The summed E-state index contributed by atoms with van der Waals surface area (Å²) in [5.41, 5.74) is 8.90. The van der Waals surface area contributed by atoms with Gasteiger partial charge in [-0.3, -0.25) is 0 Å². The molecule has 0 aliphatic carbocycles. The predicted octanol–water partition coefficient (Wildman–Crippen LogP) is 11.8. The van der Waals surface area contributed by atoms with Crippen LogP contribution in [0.1, 0.15) is 11.1 Å². The average molecular weight is 560 g/mol. The van der Waals surface area contributed by atoms with Crippen LogP contribution in [-0.4, -0.2) is 4.57 Å². The first-order valence-electron chi connectivity index (χ1n) is 14.0. The Labute approximate surface area is 245 Å². The van der Waals surface area contributed by atoms with E-state index in [1.165, 1.54) is 90.1 Å². The van der Waals surface area contributed by atoms with Crippen LogP contribution in [0, 0.1) is 13.8 Å². The largest absolute Gasteiger partial charge is 0.308 e. The average Bonchev–Trinajstić information content (AvgIpc) is 3.65. The molecular formula is C38H25NS2. The molecule has 0 spiro atoms. The van der Waals surface area contributed by atoms with Crippen molar-refractivity contribution in [2.45, 2.75) is 13.8 Å². The Kier molecular flexibility index (Phi) is 4.84. The highest BCUT2D eigenvalue weighted by Crippen LogP contribution is 2.43. The van der Waals surface area contributed by atoms with Gasteiger partial charge in [-0.15, -0.1) is 22.7 Å². The van der Waals surface area contributed by atoms with Gasteiger partial charge in [0.05, 0.1) is 21.4 Å². The third-order valence-electron chi connectivity index (χ3n) is 8.51. The molecule has 0 saturated heterocycles. The van der Waals surface area contributed by atoms with Gasteiger partial charge in [0, 0.05) is 46.4 Å². The van der Waals surface area contributed by atoms with E-state index in [-0.39, 0.29) is 0 Å². The topological polar surface area (TPSA) is 4.93 Å². The van der Waals surface area contributed by atoms with Crippen LogP contribution >= 0.6 is 22.7 Å². The Morgan fingerprint density at radius 1 is 0.439 bits per heavy atom. The van der Waals surface area contributed by atoms with Crippen LogP contribution in [0.4, 0.5) is 0 Å². The maximum absolute atomic E-state index is 2.47. The van der Waals surface area contributed by atoms with E-state index in [4.69, 9.17) is 0 Å². The van der Waals surface area contributed by atoms with E-state index >= 15 is 0 Å². The number of rotatable bonds is 2. The van der Waals surface area contributed by atoms with Crippen molar-refractivity contribution in [1.82, 2.24) is 4.57 Å². The van der Waals surface area contributed by atoms with Crippen LogP contribution < -0.4 is 0 Å². The number of hydrogen-bond donors (Lipinski definition) is 0. The second kappa shape index (κ2) is 8.53. The number of nitrogens with zero attached hydrogens (tertiary/aromatic N) is 1. The third kappa shape index (κ3) is 3.40. The molecule has 0 saturated carbocycles. The summed E-state index contributed by atoms with van der Waals surface area (Å²) in [7, 11) is 0. The molecule has 0 atom stereocenters. The van der Waals surface area contributed by atoms with Crippen molar-refractivity contribution in [1.29, 1.82) is 0 Å². The lowest BCUT2D eigenvalue weighted by Gasteiger charge is -2.09. The molecule has 1 nitrogen and oxygen atoms in total. The highest BCUT2D eigenvalue weighted by Gasteiger charge is 2.17. The van der Waals surface area contributed by atoms with Gasteiger partial charge in [-0.25, -0.2) is 0 Å². The second-order valence-electron chi connectivity index (χ2n) is 11.2. The quantitative estimate of drug-likeness (QED) is 0.198. The first kappa shape index (κ1) is 23.3. The van der Waals surface area contributed by atoms with Gasteiger partial charge in [0.15, 0.2) is 0 Å². The van der Waals surface area contributed by atoms with Gasteiger partial charge in [-0.05, 0) is 79.6 Å². The predicted molar refractivity (Wildman–Crippen MR) is 181 cm³/mol. The summed E-state index contributed by atoms with van der Waals surface area (Å²) >= 11 is 3.78. The molecule has 3 heteroatoms. The zero-order chi connectivity index (χ0) is 27.2. The number of thiophene rings is 2. The highest BCUT2D eigenvalue weighted by atomic mass is 32.1. The molecule has 9 rings (SSSR count). The molecule has 0 unspecified atom stereocenters. The van der Waals surface area contributed by atoms with Crippen molar-refractivity contribution in [2.24, 2.45) is 0 Å². The molecule has 194 valence electrons. The second-order valence-corrected chi connectivity index (χ2v) is 13.3. The van der Waals surface area contributed by atoms with Gasteiger partial charge in [0.1, 0.15) is 0 Å². The maximum Gasteiger partial charge on any atom is 0.0640 e. The number of aryl methyl sites for hydroxylation is 2. The lowest BCUT2D eigenvalue weighted by atomic mass is 10.0. The normalized spacial score (nSPS) is 12.1. The van der Waals surface area contributed by atoms with Gasteiger partial charge in [0.25, 0.3) is 0 Å². The molecule has 0 aliphatic heterocycles. The minimum Gasteiger partial charge on any atom is -0.308 e. The fourth-order valence-corrected chi connectivity index (χ4v) is 8.89. The zero-order valence-electron chi connectivity index (χ0n) is 22.7. The van der Waals surface area contributed by atoms with E-state index in [0.717, 1.165) is 0 Å². The van der Waals surface area contributed by atoms with Gasteiger partial charge in [-0.1, -0.05) is 71.8 Å². The third-order valence-corrected chi connectivity index (χ3v) is 10.8. The summed E-state index contributed by atoms with van der Waals surface area (Å²) in [6, 6.07) is 43.1. The standard InChI is InChI=1S/C38H25NS2/c1-22-10-15-32-29(18-22)30-19-23(2)11-16-33(30)39(32)34-8-5-7-28-31-20-24(13-17-36(31)41-38(28)34)25-12-14-27-26-6-3-4-9-35(26)40-37(27)21-25/h3-21H,1-2H3. The fraction of sp³-hybridized carbons (Fsp3) is 0.0526. The van der Waals surface area contributed by atoms with Crippen molar-refractivity contribution in [3.05, 3.63) is 126 Å². The van der Waals surface area contributed by atoms with Crippen molar-refractivity contribution in [3.63, 3.8) is 0 Å². The zero-order valence-corrected chi connectivity index (χ0v) is 24.4. The molecule has 41 heavy (non-hydrogen) atoms. The first-order chi connectivity index (χ1) is 20.1. The molecule has 3 heterocycles. The maximum atomic E-state index is 2.47. The van der Waals surface area contributed by atoms with Gasteiger partial charge < -0.3 is 4.57 Å². The van der Waals surface area contributed by atoms with E-state index in [0.29, 0.717) is 0 Å². The van der Waals surface area contributed by atoms with E-state index < -0.39 is 0 Å². The van der Waals surface area contributed by atoms with Crippen LogP contribution in [0.5, 0.6) is 0 Å². The molecule has 0 radical (unpaired) electrons. The summed E-state index contributed by atoms with van der Waals surface area (Å²) in [5.74, 6) is 0. The van der Waals surface area contributed by atoms with Crippen molar-refractivity contribution in [2.75, 3.05) is 0 Å². The molecule has 0 fully saturated rings. The minimum absolute atomic E-state index is 1.25. The van der Waals surface area contributed by atoms with Gasteiger partial charge in [0.2, 0.25) is 0 Å². The van der Waals surface area contributed by atoms with Crippen LogP contribution in [0.25, 0.3) is 79.0 Å². The summed E-state index contributed by atoms with van der Waals surface area (Å²) in [4.78, 5) is 0. The number of benzene rings is 6. The Bertz CT molecular complexity index is 2440. The molecule has 0 N–H and O–H groups in total. The van der Waals surface area contributed by atoms with Crippen LogP contribution in [0.2, 0.25) is 0 Å². The Morgan fingerprint density at radius 2 is 1.10 bits per heavy atom. The van der Waals surface area contributed by atoms with Crippen LogP contribution in [0.3, 0.4) is 0 Å². The molecule has 9 aromatic rings. The van der Waals surface area contributed by atoms with Crippen molar-refractivity contribution in [3.8, 4) is 16.8 Å². The van der Waals surface area contributed by atoms with Crippen LogP contribution in [0.15, 0.2) is 115 Å². The monoisotopic (exact) mass is 559 g/mol. The summed E-state index contributed by atoms with van der Waals surface area (Å²) in [5, 5.41) is 7.98. The number of fused-ring (bicyclic) bond motifs is 9. The van der Waals surface area contributed by atoms with E-state index in [1.807, 2.05) is 22.7 Å². The molecule has 6 aromatic carbocycles. The lowest BCUT2D eigenvalue weighted by molar-refractivity contribution is 1.20. The molecule has 0 aliphatic rings. The minimum atomic E-state index is 1.25. The SMILES string of the molecule is Cc1ccc2c(c1)c1cc(C)ccc1n2-c1cccc2c1sc1ccc(-c3ccc4c(c3)sc3ccccc34)cc12. The fourth-order valence-electron chi connectivity index (χ4n) is 6.56. The van der Waals surface area contributed by atoms with Crippen molar-refractivity contribution >= 4 is 84.8 Å². The van der Waals surface area contributed by atoms with E-state index in [2.05, 4.69) is 134 Å². The smallest absolute Gasteiger partial charge is 0.0640 e. The van der Waals surface area contributed by atoms with Gasteiger partial charge >= 0.3 is 0 Å². The number of hydrogen-bond acceptors (Lipinski definition) is 2. The van der Waals surface area contributed by atoms with Gasteiger partial charge in [-0.2, -0.15) is 0 Å². The lowest BCUT2D eigenvalue weighted by Crippen LogP contribution is -1.94. The molecule has 0 bridgehead atoms. The Balaban J connectivity index is 1.27. The molecular weight excluding hydrogens is 535 g/mol. The van der Waals surface area contributed by atoms with E-state index in [9.17, 15) is 0 Å². The highest BCUT2D eigenvalue weighted by molar-refractivity contribution is 7.26. The summed E-state index contributed by atoms with van der Waals surface area (Å²) in [6.07, 6.45) is 0. The van der Waals surface area contributed by atoms with Crippen molar-refractivity contribution < 1.29 is 0 Å². The number of aromatic nitrogens is 1. The molecule has 3 aromatic heterocycles. The summed E-state index contributed by atoms with van der Waals surface area (Å²) < 4.78 is 7.82. The van der Waals surface area contributed by atoms with E-state index in [1.54, 1.807) is 0 Å². The molecule has 0 amide bonds. The Morgan fingerprint density at radius 3 is 1.90 bits per heavy atom.